The van der Waals surface area contributed by atoms with Gasteiger partial charge in [0.15, 0.2) is 5.82 Å². The molecule has 0 spiro atoms. The Morgan fingerprint density at radius 1 is 1.47 bits per heavy atom. The standard InChI is InChI=1S/C9H12N4O2/c14-9-5-8(10-6-11-9)13-12-7-1-3-15-4-2-7/h5-6H,1-4H2,(H2,10,11,13,14). The minimum Gasteiger partial charge on any atom is -0.381 e. The zero-order valence-corrected chi connectivity index (χ0v) is 8.19. The molecule has 2 heterocycles. The van der Waals surface area contributed by atoms with Crippen molar-refractivity contribution in [2.75, 3.05) is 18.6 Å². The van der Waals surface area contributed by atoms with Crippen LogP contribution in [0.25, 0.3) is 0 Å². The summed E-state index contributed by atoms with van der Waals surface area (Å²) in [5, 5.41) is 4.17. The van der Waals surface area contributed by atoms with E-state index < -0.39 is 0 Å². The Morgan fingerprint density at radius 2 is 2.27 bits per heavy atom. The Labute approximate surface area is 86.4 Å². The molecule has 0 amide bonds. The largest absolute Gasteiger partial charge is 0.381 e. The van der Waals surface area contributed by atoms with Crippen molar-refractivity contribution in [3.05, 3.63) is 22.7 Å². The molecule has 2 rings (SSSR count). The monoisotopic (exact) mass is 208 g/mol. The number of hydrogen-bond donors (Lipinski definition) is 2. The van der Waals surface area contributed by atoms with Crippen LogP contribution >= 0.6 is 0 Å². The fourth-order valence-corrected chi connectivity index (χ4v) is 1.28. The van der Waals surface area contributed by atoms with Crippen molar-refractivity contribution in [3.8, 4) is 0 Å². The van der Waals surface area contributed by atoms with Crippen molar-refractivity contribution < 1.29 is 4.74 Å². The molecule has 0 unspecified atom stereocenters. The molecule has 0 saturated carbocycles. The van der Waals surface area contributed by atoms with Crippen LogP contribution in [0, 0.1) is 0 Å². The van der Waals surface area contributed by atoms with Crippen LogP contribution in [0.3, 0.4) is 0 Å². The van der Waals surface area contributed by atoms with Crippen molar-refractivity contribution in [2.24, 2.45) is 5.10 Å². The van der Waals surface area contributed by atoms with Gasteiger partial charge in [-0.3, -0.25) is 10.2 Å². The topological polar surface area (TPSA) is 79.4 Å². The third-order valence-corrected chi connectivity index (χ3v) is 2.08. The van der Waals surface area contributed by atoms with Crippen LogP contribution in [-0.2, 0) is 4.74 Å². The van der Waals surface area contributed by atoms with Gasteiger partial charge in [-0.05, 0) is 0 Å². The average Bonchev–Trinajstić information content (AvgIpc) is 2.28. The normalized spacial score (nSPS) is 16.1. The van der Waals surface area contributed by atoms with E-state index in [2.05, 4.69) is 20.5 Å². The molecular weight excluding hydrogens is 196 g/mol. The highest BCUT2D eigenvalue weighted by atomic mass is 16.5. The maximum absolute atomic E-state index is 10.9. The highest BCUT2D eigenvalue weighted by molar-refractivity contribution is 5.85. The number of rotatable bonds is 2. The number of nitrogens with zero attached hydrogens (tertiary/aromatic N) is 2. The Kier molecular flexibility index (Phi) is 3.08. The van der Waals surface area contributed by atoms with Crippen molar-refractivity contribution in [1.29, 1.82) is 0 Å². The van der Waals surface area contributed by atoms with Gasteiger partial charge in [0.1, 0.15) is 0 Å². The Morgan fingerprint density at radius 3 is 3.00 bits per heavy atom. The lowest BCUT2D eigenvalue weighted by Gasteiger charge is -2.13. The van der Waals surface area contributed by atoms with Crippen molar-refractivity contribution in [1.82, 2.24) is 9.97 Å². The Hall–Kier alpha value is -1.69. The second-order valence-corrected chi connectivity index (χ2v) is 3.20. The molecule has 6 nitrogen and oxygen atoms in total. The number of ether oxygens (including phenoxy) is 1. The molecule has 2 N–H and O–H groups in total. The predicted molar refractivity (Wildman–Crippen MR) is 56.0 cm³/mol. The molecule has 0 radical (unpaired) electrons. The summed E-state index contributed by atoms with van der Waals surface area (Å²) in [6.07, 6.45) is 3.00. The lowest BCUT2D eigenvalue weighted by Crippen LogP contribution is -2.16. The fourth-order valence-electron chi connectivity index (χ4n) is 1.28. The molecule has 0 aliphatic carbocycles. The number of anilines is 1. The maximum Gasteiger partial charge on any atom is 0.252 e. The van der Waals surface area contributed by atoms with Crippen LogP contribution in [0.5, 0.6) is 0 Å². The number of aromatic nitrogens is 2. The number of aromatic amines is 1. The van der Waals surface area contributed by atoms with Crippen LogP contribution in [-0.4, -0.2) is 28.9 Å². The summed E-state index contributed by atoms with van der Waals surface area (Å²) in [5.74, 6) is 0.456. The average molecular weight is 208 g/mol. The Bertz CT molecular complexity index is 405. The summed E-state index contributed by atoms with van der Waals surface area (Å²) in [4.78, 5) is 17.3. The summed E-state index contributed by atoms with van der Waals surface area (Å²) in [6.45, 7) is 1.42. The van der Waals surface area contributed by atoms with Gasteiger partial charge in [0.2, 0.25) is 0 Å². The molecule has 1 aliphatic rings. The number of nitrogens with one attached hydrogen (secondary N) is 2. The van der Waals surface area contributed by atoms with Crippen molar-refractivity contribution in [2.45, 2.75) is 12.8 Å². The number of hydrogen-bond acceptors (Lipinski definition) is 5. The fraction of sp³-hybridized carbons (Fsp3) is 0.444. The first-order valence-corrected chi connectivity index (χ1v) is 4.78. The van der Waals surface area contributed by atoms with Crippen LogP contribution in [0.1, 0.15) is 12.8 Å². The van der Waals surface area contributed by atoms with Gasteiger partial charge in [0.25, 0.3) is 5.56 Å². The molecule has 80 valence electrons. The molecule has 1 fully saturated rings. The number of H-pyrrole nitrogens is 1. The molecular formula is C9H12N4O2. The van der Waals surface area contributed by atoms with Crippen molar-refractivity contribution in [3.63, 3.8) is 0 Å². The second kappa shape index (κ2) is 4.70. The molecule has 15 heavy (non-hydrogen) atoms. The van der Waals surface area contributed by atoms with Crippen molar-refractivity contribution >= 4 is 11.5 Å². The van der Waals surface area contributed by atoms with E-state index in [-0.39, 0.29) is 5.56 Å². The summed E-state index contributed by atoms with van der Waals surface area (Å²) in [5.41, 5.74) is 3.61. The van der Waals surface area contributed by atoms with Gasteiger partial charge in [-0.1, -0.05) is 0 Å². The van der Waals surface area contributed by atoms with Crippen LogP contribution in [0.4, 0.5) is 5.82 Å². The van der Waals surface area contributed by atoms with Gasteiger partial charge >= 0.3 is 0 Å². The van der Waals surface area contributed by atoms with E-state index in [1.54, 1.807) is 0 Å². The predicted octanol–water partition coefficient (Wildman–Crippen LogP) is 0.348. The zero-order chi connectivity index (χ0) is 10.5. The van der Waals surface area contributed by atoms with E-state index in [0.29, 0.717) is 19.0 Å². The van der Waals surface area contributed by atoms with Crippen LogP contribution in [0.15, 0.2) is 22.3 Å². The van der Waals surface area contributed by atoms with Gasteiger partial charge in [-0.25, -0.2) is 4.98 Å². The third kappa shape index (κ3) is 2.88. The van der Waals surface area contributed by atoms with Gasteiger partial charge < -0.3 is 9.72 Å². The zero-order valence-electron chi connectivity index (χ0n) is 8.19. The van der Waals surface area contributed by atoms with E-state index in [0.717, 1.165) is 18.6 Å². The maximum atomic E-state index is 10.9. The first kappa shape index (κ1) is 9.85. The first-order valence-electron chi connectivity index (χ1n) is 4.78. The van der Waals surface area contributed by atoms with Gasteiger partial charge in [-0.2, -0.15) is 5.10 Å². The molecule has 6 heteroatoms. The van der Waals surface area contributed by atoms with Gasteiger partial charge in [-0.15, -0.1) is 0 Å². The van der Waals surface area contributed by atoms with E-state index in [1.807, 2.05) is 0 Å². The summed E-state index contributed by atoms with van der Waals surface area (Å²) in [6, 6.07) is 1.36. The molecule has 1 aromatic rings. The Balaban J connectivity index is 1.99. The minimum absolute atomic E-state index is 0.195. The van der Waals surface area contributed by atoms with E-state index >= 15 is 0 Å². The number of hydrazone groups is 1. The molecule has 1 aromatic heterocycles. The summed E-state index contributed by atoms with van der Waals surface area (Å²) >= 11 is 0. The van der Waals surface area contributed by atoms with Gasteiger partial charge in [0, 0.05) is 24.6 Å². The highest BCUT2D eigenvalue weighted by Crippen LogP contribution is 2.03. The first-order chi connectivity index (χ1) is 7.34. The molecule has 0 atom stereocenters. The van der Waals surface area contributed by atoms with E-state index in [1.165, 1.54) is 12.4 Å². The second-order valence-electron chi connectivity index (χ2n) is 3.20. The lowest BCUT2D eigenvalue weighted by molar-refractivity contribution is 0.134. The highest BCUT2D eigenvalue weighted by Gasteiger charge is 2.06. The quantitative estimate of drug-likeness (QED) is 0.687. The summed E-state index contributed by atoms with van der Waals surface area (Å²) < 4.78 is 5.19. The third-order valence-electron chi connectivity index (χ3n) is 2.08. The van der Waals surface area contributed by atoms with Crippen LogP contribution < -0.4 is 11.0 Å². The SMILES string of the molecule is O=c1cc(NN=C2CCOCC2)nc[nH]1. The minimum atomic E-state index is -0.195. The van der Waals surface area contributed by atoms with E-state index in [4.69, 9.17) is 4.74 Å². The smallest absolute Gasteiger partial charge is 0.252 e. The molecule has 0 aromatic carbocycles. The molecule has 0 bridgehead atoms. The lowest BCUT2D eigenvalue weighted by atomic mass is 10.2. The molecule has 1 aliphatic heterocycles. The van der Waals surface area contributed by atoms with E-state index in [9.17, 15) is 4.79 Å². The molecule has 1 saturated heterocycles. The summed E-state index contributed by atoms with van der Waals surface area (Å²) in [7, 11) is 0. The van der Waals surface area contributed by atoms with Crippen LogP contribution in [0.2, 0.25) is 0 Å². The van der Waals surface area contributed by atoms with Gasteiger partial charge in [0.05, 0.1) is 19.5 Å².